The molecule has 1 aromatic carbocycles. The summed E-state index contributed by atoms with van der Waals surface area (Å²) in [5.74, 6) is 0. The van der Waals surface area contributed by atoms with Crippen LogP contribution in [0.2, 0.25) is 0 Å². The summed E-state index contributed by atoms with van der Waals surface area (Å²) < 4.78 is 1.15. The lowest BCUT2D eigenvalue weighted by Gasteiger charge is -2.04. The van der Waals surface area contributed by atoms with E-state index in [9.17, 15) is 0 Å². The van der Waals surface area contributed by atoms with E-state index in [1.54, 1.807) is 23.7 Å². The number of nitrogens with two attached hydrogens (primary N) is 1. The normalized spacial score (nSPS) is 10.9. The largest absolute Gasteiger partial charge is 0.398 e. The number of benzene rings is 1. The molecule has 84 valence electrons. The minimum atomic E-state index is 0.805. The van der Waals surface area contributed by atoms with Crippen LogP contribution in [0.4, 0.5) is 5.69 Å². The van der Waals surface area contributed by atoms with E-state index in [-0.39, 0.29) is 0 Å². The predicted octanol–water partition coefficient (Wildman–Crippen LogP) is 3.25. The Hall–Kier alpha value is -1.94. The molecule has 3 nitrogen and oxygen atoms in total. The van der Waals surface area contributed by atoms with Crippen molar-refractivity contribution in [1.29, 1.82) is 0 Å². The third kappa shape index (κ3) is 1.66. The summed E-state index contributed by atoms with van der Waals surface area (Å²) in [5.41, 5.74) is 9.85. The van der Waals surface area contributed by atoms with E-state index in [2.05, 4.69) is 16.0 Å². The molecule has 2 aromatic heterocycles. The van der Waals surface area contributed by atoms with Gasteiger partial charge in [0.1, 0.15) is 10.5 Å². The lowest BCUT2D eigenvalue weighted by molar-refractivity contribution is 1.33. The Bertz CT molecular complexity index is 655. The maximum Gasteiger partial charge on any atom is 0.125 e. The van der Waals surface area contributed by atoms with Crippen LogP contribution in [0.1, 0.15) is 5.56 Å². The van der Waals surface area contributed by atoms with Gasteiger partial charge in [0.2, 0.25) is 0 Å². The number of nitrogens with zero attached hydrogens (tertiary/aromatic N) is 2. The summed E-state index contributed by atoms with van der Waals surface area (Å²) in [6, 6.07) is 7.91. The van der Waals surface area contributed by atoms with E-state index in [1.807, 2.05) is 25.1 Å². The molecular weight excluding hydrogens is 230 g/mol. The highest BCUT2D eigenvalue weighted by atomic mass is 32.1. The van der Waals surface area contributed by atoms with Gasteiger partial charge in [0.15, 0.2) is 0 Å². The van der Waals surface area contributed by atoms with Crippen molar-refractivity contribution in [3.8, 4) is 10.6 Å². The summed E-state index contributed by atoms with van der Waals surface area (Å²) in [6.45, 7) is 2.02. The van der Waals surface area contributed by atoms with Crippen LogP contribution in [0.25, 0.3) is 20.8 Å². The number of thiazole rings is 1. The monoisotopic (exact) mass is 241 g/mol. The standard InChI is InChI=1S/C13H11N3S/c1-8-9(3-2-4-10(8)14)13-16-11-7-15-6-5-12(11)17-13/h2-7H,14H2,1H3. The molecule has 0 spiro atoms. The van der Waals surface area contributed by atoms with Crippen molar-refractivity contribution in [2.24, 2.45) is 0 Å². The Morgan fingerprint density at radius 2 is 2.12 bits per heavy atom. The SMILES string of the molecule is Cc1c(N)cccc1-c1nc2cnccc2s1. The van der Waals surface area contributed by atoms with Crippen molar-refractivity contribution < 1.29 is 0 Å². The summed E-state index contributed by atoms with van der Waals surface area (Å²) >= 11 is 1.67. The Morgan fingerprint density at radius 1 is 1.24 bits per heavy atom. The van der Waals surface area contributed by atoms with Crippen molar-refractivity contribution in [3.05, 3.63) is 42.2 Å². The van der Waals surface area contributed by atoms with Gasteiger partial charge in [-0.2, -0.15) is 0 Å². The van der Waals surface area contributed by atoms with Crippen LogP contribution >= 0.6 is 11.3 Å². The summed E-state index contributed by atoms with van der Waals surface area (Å²) in [5, 5.41) is 0.998. The highest BCUT2D eigenvalue weighted by Crippen LogP contribution is 2.33. The highest BCUT2D eigenvalue weighted by Gasteiger charge is 2.09. The van der Waals surface area contributed by atoms with Gasteiger partial charge in [0, 0.05) is 17.4 Å². The van der Waals surface area contributed by atoms with E-state index >= 15 is 0 Å². The number of rotatable bonds is 1. The minimum Gasteiger partial charge on any atom is -0.398 e. The first kappa shape index (κ1) is 10.2. The van der Waals surface area contributed by atoms with E-state index in [0.29, 0.717) is 0 Å². The number of aromatic nitrogens is 2. The molecular formula is C13H11N3S. The molecule has 3 aromatic rings. The molecule has 4 heteroatoms. The fourth-order valence-corrected chi connectivity index (χ4v) is 2.80. The molecule has 3 rings (SSSR count). The summed E-state index contributed by atoms with van der Waals surface area (Å²) in [7, 11) is 0. The molecule has 0 bridgehead atoms. The molecule has 0 radical (unpaired) electrons. The predicted molar refractivity (Wildman–Crippen MR) is 72.0 cm³/mol. The Labute approximate surface area is 103 Å². The molecule has 0 fully saturated rings. The van der Waals surface area contributed by atoms with Gasteiger partial charge in [-0.05, 0) is 24.6 Å². The van der Waals surface area contributed by atoms with Crippen LogP contribution in [0.15, 0.2) is 36.7 Å². The maximum absolute atomic E-state index is 5.92. The van der Waals surface area contributed by atoms with Crippen molar-refractivity contribution in [2.45, 2.75) is 6.92 Å². The summed E-state index contributed by atoms with van der Waals surface area (Å²) in [6.07, 6.45) is 3.58. The maximum atomic E-state index is 5.92. The third-order valence-corrected chi connectivity index (χ3v) is 3.87. The van der Waals surface area contributed by atoms with Crippen molar-refractivity contribution >= 4 is 27.2 Å². The van der Waals surface area contributed by atoms with Gasteiger partial charge in [-0.1, -0.05) is 12.1 Å². The van der Waals surface area contributed by atoms with Crippen LogP contribution in [-0.4, -0.2) is 9.97 Å². The molecule has 2 heterocycles. The lowest BCUT2D eigenvalue weighted by Crippen LogP contribution is -1.91. The number of fused-ring (bicyclic) bond motifs is 1. The fourth-order valence-electron chi connectivity index (χ4n) is 1.78. The van der Waals surface area contributed by atoms with Crippen LogP contribution in [-0.2, 0) is 0 Å². The topological polar surface area (TPSA) is 51.8 Å². The van der Waals surface area contributed by atoms with Crippen molar-refractivity contribution in [1.82, 2.24) is 9.97 Å². The minimum absolute atomic E-state index is 0.805. The van der Waals surface area contributed by atoms with E-state index in [0.717, 1.165) is 32.0 Å². The number of anilines is 1. The zero-order valence-electron chi connectivity index (χ0n) is 9.34. The molecule has 0 amide bonds. The number of pyridine rings is 1. The second-order valence-corrected chi connectivity index (χ2v) is 4.91. The van der Waals surface area contributed by atoms with Crippen LogP contribution in [0.3, 0.4) is 0 Å². The van der Waals surface area contributed by atoms with E-state index < -0.39 is 0 Å². The molecule has 0 aliphatic carbocycles. The number of hydrogen-bond acceptors (Lipinski definition) is 4. The third-order valence-electron chi connectivity index (χ3n) is 2.80. The lowest BCUT2D eigenvalue weighted by atomic mass is 10.1. The molecule has 0 aliphatic rings. The Balaban J connectivity index is 2.24. The highest BCUT2D eigenvalue weighted by molar-refractivity contribution is 7.21. The second-order valence-electron chi connectivity index (χ2n) is 3.88. The van der Waals surface area contributed by atoms with Gasteiger partial charge in [-0.25, -0.2) is 4.98 Å². The van der Waals surface area contributed by atoms with Crippen LogP contribution in [0.5, 0.6) is 0 Å². The molecule has 0 aliphatic heterocycles. The molecule has 0 atom stereocenters. The first-order valence-corrected chi connectivity index (χ1v) is 6.13. The molecule has 17 heavy (non-hydrogen) atoms. The van der Waals surface area contributed by atoms with Crippen LogP contribution in [0, 0.1) is 6.92 Å². The number of nitrogen functional groups attached to an aromatic ring is 1. The van der Waals surface area contributed by atoms with Crippen molar-refractivity contribution in [3.63, 3.8) is 0 Å². The molecule has 0 saturated heterocycles. The van der Waals surface area contributed by atoms with Gasteiger partial charge in [0.25, 0.3) is 0 Å². The van der Waals surface area contributed by atoms with E-state index in [4.69, 9.17) is 5.73 Å². The quantitative estimate of drug-likeness (QED) is 0.665. The first-order chi connectivity index (χ1) is 8.25. The average molecular weight is 241 g/mol. The van der Waals surface area contributed by atoms with Crippen molar-refractivity contribution in [2.75, 3.05) is 5.73 Å². The second kappa shape index (κ2) is 3.82. The summed E-state index contributed by atoms with van der Waals surface area (Å²) in [4.78, 5) is 8.66. The Morgan fingerprint density at radius 3 is 2.94 bits per heavy atom. The zero-order chi connectivity index (χ0) is 11.8. The zero-order valence-corrected chi connectivity index (χ0v) is 10.2. The van der Waals surface area contributed by atoms with E-state index in [1.165, 1.54) is 0 Å². The smallest absolute Gasteiger partial charge is 0.125 e. The Kier molecular flexibility index (Phi) is 2.30. The molecule has 0 unspecified atom stereocenters. The van der Waals surface area contributed by atoms with Gasteiger partial charge in [-0.3, -0.25) is 4.98 Å². The number of hydrogen-bond donors (Lipinski definition) is 1. The molecule has 0 saturated carbocycles. The average Bonchev–Trinajstić information content (AvgIpc) is 2.76. The molecule has 2 N–H and O–H groups in total. The van der Waals surface area contributed by atoms with Crippen LogP contribution < -0.4 is 5.73 Å². The van der Waals surface area contributed by atoms with Gasteiger partial charge < -0.3 is 5.73 Å². The van der Waals surface area contributed by atoms with Gasteiger partial charge in [0.05, 0.1) is 10.9 Å². The van der Waals surface area contributed by atoms with Gasteiger partial charge >= 0.3 is 0 Å². The first-order valence-electron chi connectivity index (χ1n) is 5.32. The fraction of sp³-hybridized carbons (Fsp3) is 0.0769. The van der Waals surface area contributed by atoms with Gasteiger partial charge in [-0.15, -0.1) is 11.3 Å².